The number of nitrogens with two attached hydrogens (primary N) is 1. The van der Waals surface area contributed by atoms with Crippen LogP contribution in [0.3, 0.4) is 0 Å². The molecule has 94 valence electrons. The lowest BCUT2D eigenvalue weighted by Gasteiger charge is -2.27. The topological polar surface area (TPSA) is 47.1 Å². The maximum absolute atomic E-state index is 6.12. The third-order valence-electron chi connectivity index (χ3n) is 4.21. The van der Waals surface area contributed by atoms with E-state index in [-0.39, 0.29) is 6.04 Å². The number of hydrogen-bond acceptors (Lipinski definition) is 3. The lowest BCUT2D eigenvalue weighted by atomic mass is 9.94. The van der Waals surface area contributed by atoms with Gasteiger partial charge in [0, 0.05) is 18.7 Å². The smallest absolute Gasteiger partial charge is 0.125 e. The van der Waals surface area contributed by atoms with Gasteiger partial charge in [-0.25, -0.2) is 4.98 Å². The Hall–Kier alpha value is -0.870. The van der Waals surface area contributed by atoms with Crippen LogP contribution in [0.15, 0.2) is 6.20 Å². The average Bonchev–Trinajstić information content (AvgIpc) is 2.75. The molecular weight excluding hydrogens is 212 g/mol. The zero-order chi connectivity index (χ0) is 11.8. The van der Waals surface area contributed by atoms with E-state index in [1.807, 2.05) is 0 Å². The molecule has 2 N–H and O–H groups in total. The minimum absolute atomic E-state index is 0.156. The number of piperidine rings is 1. The molecule has 4 heteroatoms. The third kappa shape index (κ3) is 2.11. The maximum atomic E-state index is 6.12. The molecule has 1 unspecified atom stereocenters. The van der Waals surface area contributed by atoms with Gasteiger partial charge in [0.2, 0.25) is 0 Å². The highest BCUT2D eigenvalue weighted by atomic mass is 15.1. The standard InChI is InChI=1S/C13H22N4/c1-16-7-4-10(5-8-16)12-9-17-6-2-3-11(14)13(17)15-12/h9-11H,2-8,14H2,1H3. The molecule has 4 nitrogen and oxygen atoms in total. The van der Waals surface area contributed by atoms with Crippen LogP contribution in [0.4, 0.5) is 0 Å². The van der Waals surface area contributed by atoms with Crippen molar-refractivity contribution in [1.82, 2.24) is 14.5 Å². The first kappa shape index (κ1) is 11.2. The monoisotopic (exact) mass is 234 g/mol. The van der Waals surface area contributed by atoms with Gasteiger partial charge >= 0.3 is 0 Å². The SMILES string of the molecule is CN1CCC(c2cn3c(n2)C(N)CCC3)CC1. The van der Waals surface area contributed by atoms with Crippen LogP contribution in [-0.2, 0) is 6.54 Å². The molecule has 3 rings (SSSR count). The fourth-order valence-electron chi connectivity index (χ4n) is 3.04. The van der Waals surface area contributed by atoms with Crippen LogP contribution in [0.5, 0.6) is 0 Å². The summed E-state index contributed by atoms with van der Waals surface area (Å²) in [5, 5.41) is 0. The molecule has 2 aliphatic heterocycles. The highest BCUT2D eigenvalue weighted by Gasteiger charge is 2.25. The van der Waals surface area contributed by atoms with Crippen LogP contribution < -0.4 is 5.73 Å². The molecule has 0 radical (unpaired) electrons. The minimum Gasteiger partial charge on any atom is -0.333 e. The van der Waals surface area contributed by atoms with Crippen molar-refractivity contribution in [3.05, 3.63) is 17.7 Å². The number of nitrogens with zero attached hydrogens (tertiary/aromatic N) is 3. The van der Waals surface area contributed by atoms with Crippen LogP contribution in [0, 0.1) is 0 Å². The van der Waals surface area contributed by atoms with Crippen molar-refractivity contribution in [3.8, 4) is 0 Å². The molecule has 0 aromatic carbocycles. The molecule has 1 atom stereocenters. The summed E-state index contributed by atoms with van der Waals surface area (Å²) in [5.74, 6) is 1.77. The summed E-state index contributed by atoms with van der Waals surface area (Å²) in [6, 6.07) is 0.156. The summed E-state index contributed by atoms with van der Waals surface area (Å²) in [6.07, 6.45) is 7.01. The van der Waals surface area contributed by atoms with Crippen molar-refractivity contribution in [3.63, 3.8) is 0 Å². The molecule has 0 amide bonds. The molecule has 3 heterocycles. The fraction of sp³-hybridized carbons (Fsp3) is 0.769. The van der Waals surface area contributed by atoms with E-state index >= 15 is 0 Å². The summed E-state index contributed by atoms with van der Waals surface area (Å²) < 4.78 is 2.28. The van der Waals surface area contributed by atoms with Crippen molar-refractivity contribution in [2.24, 2.45) is 5.73 Å². The van der Waals surface area contributed by atoms with Crippen LogP contribution in [0.25, 0.3) is 0 Å². The number of aromatic nitrogens is 2. The van der Waals surface area contributed by atoms with Crippen LogP contribution in [0.2, 0.25) is 0 Å². The largest absolute Gasteiger partial charge is 0.333 e. The average molecular weight is 234 g/mol. The lowest BCUT2D eigenvalue weighted by molar-refractivity contribution is 0.253. The van der Waals surface area contributed by atoms with Gasteiger partial charge < -0.3 is 15.2 Å². The first-order valence-corrected chi connectivity index (χ1v) is 6.75. The van der Waals surface area contributed by atoms with Gasteiger partial charge in [0.15, 0.2) is 0 Å². The predicted octanol–water partition coefficient (Wildman–Crippen LogP) is 1.49. The van der Waals surface area contributed by atoms with Gasteiger partial charge in [0.25, 0.3) is 0 Å². The highest BCUT2D eigenvalue weighted by molar-refractivity contribution is 5.14. The summed E-state index contributed by atoms with van der Waals surface area (Å²) in [6.45, 7) is 3.49. The second-order valence-electron chi connectivity index (χ2n) is 5.54. The third-order valence-corrected chi connectivity index (χ3v) is 4.21. The van der Waals surface area contributed by atoms with E-state index in [9.17, 15) is 0 Å². The van der Waals surface area contributed by atoms with E-state index in [0.29, 0.717) is 5.92 Å². The maximum Gasteiger partial charge on any atom is 0.125 e. The molecule has 1 aromatic heterocycles. The van der Waals surface area contributed by atoms with Crippen molar-refractivity contribution in [2.45, 2.75) is 44.2 Å². The van der Waals surface area contributed by atoms with Crippen molar-refractivity contribution >= 4 is 0 Å². The van der Waals surface area contributed by atoms with E-state index in [1.165, 1.54) is 38.0 Å². The first-order chi connectivity index (χ1) is 8.24. The number of imidazole rings is 1. The van der Waals surface area contributed by atoms with Crippen molar-refractivity contribution in [1.29, 1.82) is 0 Å². The molecule has 1 fully saturated rings. The summed E-state index contributed by atoms with van der Waals surface area (Å²) in [4.78, 5) is 7.20. The van der Waals surface area contributed by atoms with Crippen LogP contribution >= 0.6 is 0 Å². The van der Waals surface area contributed by atoms with Crippen molar-refractivity contribution in [2.75, 3.05) is 20.1 Å². The number of likely N-dealkylation sites (tertiary alicyclic amines) is 1. The van der Waals surface area contributed by atoms with Gasteiger partial charge in [-0.1, -0.05) is 0 Å². The van der Waals surface area contributed by atoms with Gasteiger partial charge in [-0.2, -0.15) is 0 Å². The van der Waals surface area contributed by atoms with Gasteiger partial charge in [-0.15, -0.1) is 0 Å². The number of rotatable bonds is 1. The van der Waals surface area contributed by atoms with E-state index < -0.39 is 0 Å². The molecule has 0 aliphatic carbocycles. The second kappa shape index (κ2) is 4.42. The van der Waals surface area contributed by atoms with Gasteiger partial charge in [0.1, 0.15) is 5.82 Å². The summed E-state index contributed by atoms with van der Waals surface area (Å²) in [5.41, 5.74) is 7.40. The molecule has 0 saturated carbocycles. The quantitative estimate of drug-likeness (QED) is 0.800. The molecule has 0 bridgehead atoms. The Morgan fingerprint density at radius 2 is 2.00 bits per heavy atom. The Labute approximate surface area is 103 Å². The molecule has 1 saturated heterocycles. The van der Waals surface area contributed by atoms with Gasteiger partial charge in [-0.05, 0) is 45.8 Å². The van der Waals surface area contributed by atoms with Gasteiger partial charge in [-0.3, -0.25) is 0 Å². The predicted molar refractivity (Wildman–Crippen MR) is 67.9 cm³/mol. The van der Waals surface area contributed by atoms with Crippen LogP contribution in [0.1, 0.15) is 49.2 Å². The normalized spacial score (nSPS) is 27.1. The van der Waals surface area contributed by atoms with E-state index in [4.69, 9.17) is 10.7 Å². The zero-order valence-electron chi connectivity index (χ0n) is 10.6. The molecular formula is C13H22N4. The summed E-state index contributed by atoms with van der Waals surface area (Å²) in [7, 11) is 2.20. The minimum atomic E-state index is 0.156. The number of aryl methyl sites for hydroxylation is 1. The molecule has 17 heavy (non-hydrogen) atoms. The van der Waals surface area contributed by atoms with E-state index in [2.05, 4.69) is 22.7 Å². The Morgan fingerprint density at radius 3 is 2.71 bits per heavy atom. The Bertz CT molecular complexity index is 390. The van der Waals surface area contributed by atoms with E-state index in [0.717, 1.165) is 18.8 Å². The Kier molecular flexibility index (Phi) is 2.92. The second-order valence-corrected chi connectivity index (χ2v) is 5.54. The molecule has 0 spiro atoms. The lowest BCUT2D eigenvalue weighted by Crippen LogP contribution is -2.29. The van der Waals surface area contributed by atoms with Crippen LogP contribution in [-0.4, -0.2) is 34.6 Å². The molecule has 1 aromatic rings. The van der Waals surface area contributed by atoms with Crippen molar-refractivity contribution < 1.29 is 0 Å². The number of hydrogen-bond donors (Lipinski definition) is 1. The van der Waals surface area contributed by atoms with Gasteiger partial charge in [0.05, 0.1) is 11.7 Å². The zero-order valence-corrected chi connectivity index (χ0v) is 10.6. The Balaban J connectivity index is 1.80. The fourth-order valence-corrected chi connectivity index (χ4v) is 3.04. The first-order valence-electron chi connectivity index (χ1n) is 6.75. The molecule has 2 aliphatic rings. The highest BCUT2D eigenvalue weighted by Crippen LogP contribution is 2.30. The summed E-state index contributed by atoms with van der Waals surface area (Å²) >= 11 is 0. The van der Waals surface area contributed by atoms with E-state index in [1.54, 1.807) is 0 Å². The Morgan fingerprint density at radius 1 is 1.24 bits per heavy atom. The number of fused-ring (bicyclic) bond motifs is 1.